The molecule has 2 aromatic heterocycles. The maximum absolute atomic E-state index is 12.6. The quantitative estimate of drug-likeness (QED) is 0.408. The molecular weight excluding hydrogens is 316 g/mol. The first kappa shape index (κ1) is 15.4. The van der Waals surface area contributed by atoms with E-state index >= 15 is 0 Å². The Hall–Kier alpha value is -3.49. The minimum absolute atomic E-state index is 0.0621. The number of aromatic nitrogens is 3. The molecule has 122 valence electrons. The average Bonchev–Trinajstić information content (AvgIpc) is 3.00. The fourth-order valence-electron chi connectivity index (χ4n) is 2.26. The van der Waals surface area contributed by atoms with Crippen LogP contribution in [0, 0.1) is 10.1 Å². The average molecular weight is 328 g/mol. The smallest absolute Gasteiger partial charge is 0.345 e. The number of esters is 1. The highest BCUT2D eigenvalue weighted by atomic mass is 16.6. The number of carbonyl (C=O) groups excluding carboxylic acids is 1. The summed E-state index contributed by atoms with van der Waals surface area (Å²) in [5.41, 5.74) is 0.0258. The van der Waals surface area contributed by atoms with E-state index in [9.17, 15) is 19.7 Å². The van der Waals surface area contributed by atoms with E-state index in [4.69, 9.17) is 4.74 Å². The molecule has 2 heterocycles. The molecule has 1 aromatic carbocycles. The molecule has 0 N–H and O–H groups in total. The second-order valence-electron chi connectivity index (χ2n) is 4.80. The van der Waals surface area contributed by atoms with Gasteiger partial charge in [-0.2, -0.15) is 4.52 Å². The summed E-state index contributed by atoms with van der Waals surface area (Å²) in [5, 5.41) is 10.7. The van der Waals surface area contributed by atoms with Gasteiger partial charge < -0.3 is 4.74 Å². The minimum atomic E-state index is -0.749. The lowest BCUT2D eigenvalue weighted by atomic mass is 10.3. The predicted molar refractivity (Wildman–Crippen MR) is 83.4 cm³/mol. The first-order valence-corrected chi connectivity index (χ1v) is 7.04. The van der Waals surface area contributed by atoms with Gasteiger partial charge in [0.15, 0.2) is 5.65 Å². The van der Waals surface area contributed by atoms with Crippen LogP contribution in [0.2, 0.25) is 0 Å². The van der Waals surface area contributed by atoms with Crippen LogP contribution in [0.5, 0.6) is 0 Å². The van der Waals surface area contributed by atoms with Crippen molar-refractivity contribution in [3.63, 3.8) is 0 Å². The van der Waals surface area contributed by atoms with Crippen molar-refractivity contribution in [2.45, 2.75) is 6.92 Å². The lowest BCUT2D eigenvalue weighted by Gasteiger charge is -2.07. The van der Waals surface area contributed by atoms with Crippen molar-refractivity contribution < 1.29 is 14.5 Å². The van der Waals surface area contributed by atoms with E-state index in [1.54, 1.807) is 19.2 Å². The van der Waals surface area contributed by atoms with E-state index in [0.717, 1.165) is 0 Å². The highest BCUT2D eigenvalue weighted by molar-refractivity contribution is 5.88. The van der Waals surface area contributed by atoms with Crippen molar-refractivity contribution in [3.8, 4) is 5.69 Å². The van der Waals surface area contributed by atoms with Gasteiger partial charge in [0.05, 0.1) is 17.2 Å². The molecule has 0 aliphatic carbocycles. The molecule has 0 radical (unpaired) electrons. The number of nitro groups is 1. The number of hydrogen-bond donors (Lipinski definition) is 0. The Kier molecular flexibility index (Phi) is 3.82. The molecular formula is C15H12N4O5. The van der Waals surface area contributed by atoms with Crippen LogP contribution in [0.3, 0.4) is 0 Å². The van der Waals surface area contributed by atoms with E-state index in [-0.39, 0.29) is 17.9 Å². The van der Waals surface area contributed by atoms with Crippen LogP contribution >= 0.6 is 0 Å². The van der Waals surface area contributed by atoms with Crippen molar-refractivity contribution in [1.29, 1.82) is 0 Å². The molecule has 3 aromatic rings. The standard InChI is InChI=1S/C15H12N4O5/c1-2-24-15(21)12-9-16-13-7-8-17(18(13)14(12)20)10-3-5-11(6-4-10)19(22)23/h3-9H,2H2,1H3. The second kappa shape index (κ2) is 5.95. The third-order valence-corrected chi connectivity index (χ3v) is 3.37. The molecule has 0 unspecified atom stereocenters. The number of nitrogens with zero attached hydrogens (tertiary/aromatic N) is 4. The first-order chi connectivity index (χ1) is 11.5. The number of rotatable bonds is 4. The van der Waals surface area contributed by atoms with Crippen LogP contribution < -0.4 is 5.56 Å². The third-order valence-electron chi connectivity index (χ3n) is 3.37. The second-order valence-corrected chi connectivity index (χ2v) is 4.80. The van der Waals surface area contributed by atoms with Gasteiger partial charge >= 0.3 is 5.97 Å². The van der Waals surface area contributed by atoms with Gasteiger partial charge in [-0.05, 0) is 19.1 Å². The molecule has 0 aliphatic rings. The zero-order valence-corrected chi connectivity index (χ0v) is 12.6. The summed E-state index contributed by atoms with van der Waals surface area (Å²) in [7, 11) is 0. The van der Waals surface area contributed by atoms with Crippen molar-refractivity contribution in [1.82, 2.24) is 14.2 Å². The van der Waals surface area contributed by atoms with Crippen molar-refractivity contribution in [3.05, 3.63) is 68.8 Å². The van der Waals surface area contributed by atoms with Crippen LogP contribution in [0.4, 0.5) is 5.69 Å². The van der Waals surface area contributed by atoms with E-state index in [0.29, 0.717) is 11.3 Å². The van der Waals surface area contributed by atoms with E-state index < -0.39 is 16.5 Å². The SMILES string of the molecule is CCOC(=O)c1cnc2ccn(-c3ccc([N+](=O)[O-])cc3)n2c1=O. The summed E-state index contributed by atoms with van der Waals surface area (Å²) >= 11 is 0. The summed E-state index contributed by atoms with van der Waals surface area (Å²) < 4.78 is 7.50. The monoisotopic (exact) mass is 328 g/mol. The molecule has 0 saturated heterocycles. The number of benzene rings is 1. The summed E-state index contributed by atoms with van der Waals surface area (Å²) in [6, 6.07) is 7.25. The maximum Gasteiger partial charge on any atom is 0.345 e. The zero-order valence-electron chi connectivity index (χ0n) is 12.6. The Morgan fingerprint density at radius 3 is 2.62 bits per heavy atom. The van der Waals surface area contributed by atoms with Gasteiger partial charge in [0.1, 0.15) is 5.56 Å². The van der Waals surface area contributed by atoms with Gasteiger partial charge in [-0.15, -0.1) is 0 Å². The maximum atomic E-state index is 12.6. The van der Waals surface area contributed by atoms with Gasteiger partial charge in [0, 0.05) is 30.6 Å². The number of non-ortho nitro benzene ring substituents is 1. The molecule has 24 heavy (non-hydrogen) atoms. The predicted octanol–water partition coefficient (Wildman–Crippen LogP) is 1.57. The Balaban J connectivity index is 2.15. The molecule has 0 fully saturated rings. The normalized spacial score (nSPS) is 10.7. The highest BCUT2D eigenvalue weighted by Crippen LogP contribution is 2.15. The molecule has 9 nitrogen and oxygen atoms in total. The Labute approximate surface area is 134 Å². The van der Waals surface area contributed by atoms with Gasteiger partial charge in [0.25, 0.3) is 11.2 Å². The molecule has 0 spiro atoms. The number of nitro benzene ring substituents is 1. The van der Waals surface area contributed by atoms with Gasteiger partial charge in [-0.25, -0.2) is 9.78 Å². The lowest BCUT2D eigenvalue weighted by Crippen LogP contribution is -2.27. The number of hydrogen-bond acceptors (Lipinski definition) is 6. The Morgan fingerprint density at radius 2 is 2.00 bits per heavy atom. The van der Waals surface area contributed by atoms with E-state index in [2.05, 4.69) is 4.98 Å². The van der Waals surface area contributed by atoms with Crippen LogP contribution in [0.25, 0.3) is 11.3 Å². The number of ether oxygens (including phenoxy) is 1. The number of fused-ring (bicyclic) bond motifs is 1. The summed E-state index contributed by atoms with van der Waals surface area (Å²) in [6.45, 7) is 1.78. The molecule has 0 aliphatic heterocycles. The Morgan fingerprint density at radius 1 is 1.29 bits per heavy atom. The van der Waals surface area contributed by atoms with Crippen LogP contribution in [-0.2, 0) is 4.74 Å². The van der Waals surface area contributed by atoms with Gasteiger partial charge in [0.2, 0.25) is 0 Å². The molecule has 0 atom stereocenters. The topological polar surface area (TPSA) is 109 Å². The molecule has 9 heteroatoms. The number of carbonyl (C=O) groups is 1. The molecule has 3 rings (SSSR count). The summed E-state index contributed by atoms with van der Waals surface area (Å²) in [5.74, 6) is -0.749. The molecule has 0 bridgehead atoms. The van der Waals surface area contributed by atoms with Crippen molar-refractivity contribution in [2.24, 2.45) is 0 Å². The van der Waals surface area contributed by atoms with Gasteiger partial charge in [-0.1, -0.05) is 0 Å². The van der Waals surface area contributed by atoms with E-state index in [1.807, 2.05) is 0 Å². The van der Waals surface area contributed by atoms with Crippen LogP contribution in [0.1, 0.15) is 17.3 Å². The fraction of sp³-hybridized carbons (Fsp3) is 0.133. The third kappa shape index (κ3) is 2.51. The van der Waals surface area contributed by atoms with Crippen molar-refractivity contribution >= 4 is 17.3 Å². The lowest BCUT2D eigenvalue weighted by molar-refractivity contribution is -0.384. The highest BCUT2D eigenvalue weighted by Gasteiger charge is 2.17. The summed E-state index contributed by atoms with van der Waals surface area (Å²) in [6.07, 6.45) is 2.76. The first-order valence-electron chi connectivity index (χ1n) is 7.04. The largest absolute Gasteiger partial charge is 0.462 e. The fourth-order valence-corrected chi connectivity index (χ4v) is 2.26. The van der Waals surface area contributed by atoms with Gasteiger partial charge in [-0.3, -0.25) is 19.6 Å². The minimum Gasteiger partial charge on any atom is -0.462 e. The molecule has 0 saturated carbocycles. The van der Waals surface area contributed by atoms with E-state index in [1.165, 1.54) is 39.7 Å². The summed E-state index contributed by atoms with van der Waals surface area (Å²) in [4.78, 5) is 38.7. The Bertz CT molecular complexity index is 987. The van der Waals surface area contributed by atoms with Crippen molar-refractivity contribution in [2.75, 3.05) is 6.61 Å². The zero-order chi connectivity index (χ0) is 17.3. The molecule has 0 amide bonds. The van der Waals surface area contributed by atoms with Crippen LogP contribution in [-0.4, -0.2) is 31.7 Å². The van der Waals surface area contributed by atoms with Crippen LogP contribution in [0.15, 0.2) is 47.5 Å².